The van der Waals surface area contributed by atoms with Crippen molar-refractivity contribution < 1.29 is 9.47 Å². The Hall–Kier alpha value is -1.24. The number of nitrogens with zero attached hydrogens (tertiary/aromatic N) is 3. The molecular weight excluding hydrogens is 268 g/mol. The number of hydrogen-bond acceptors (Lipinski definition) is 6. The maximum Gasteiger partial charge on any atom is 0.147 e. The zero-order valence-electron chi connectivity index (χ0n) is 13.6. The number of anilines is 1. The zero-order chi connectivity index (χ0) is 15.5. The summed E-state index contributed by atoms with van der Waals surface area (Å²) < 4.78 is 10.9. The third-order valence-electron chi connectivity index (χ3n) is 3.64. The van der Waals surface area contributed by atoms with E-state index in [0.717, 1.165) is 31.1 Å². The Balaban J connectivity index is 1.96. The summed E-state index contributed by atoms with van der Waals surface area (Å²) in [7, 11) is 3.43. The van der Waals surface area contributed by atoms with Crippen molar-refractivity contribution >= 4 is 5.82 Å². The predicted octanol–water partition coefficient (Wildman–Crippen LogP) is 1.21. The Kier molecular flexibility index (Phi) is 5.13. The van der Waals surface area contributed by atoms with Crippen LogP contribution >= 0.6 is 0 Å². The summed E-state index contributed by atoms with van der Waals surface area (Å²) in [6, 6.07) is 0. The second-order valence-electron chi connectivity index (χ2n) is 6.42. The van der Waals surface area contributed by atoms with Gasteiger partial charge in [0.25, 0.3) is 0 Å². The molecule has 0 aromatic carbocycles. The van der Waals surface area contributed by atoms with E-state index in [1.165, 1.54) is 0 Å². The monoisotopic (exact) mass is 294 g/mol. The molecule has 6 nitrogen and oxygen atoms in total. The fraction of sp³-hybridized carbons (Fsp3) is 0.733. The highest BCUT2D eigenvalue weighted by Gasteiger charge is 2.33. The molecule has 0 bridgehead atoms. The lowest BCUT2D eigenvalue weighted by Crippen LogP contribution is -2.35. The van der Waals surface area contributed by atoms with Gasteiger partial charge in [0.2, 0.25) is 0 Å². The Morgan fingerprint density at radius 3 is 2.19 bits per heavy atom. The molecule has 1 aliphatic heterocycles. The van der Waals surface area contributed by atoms with Crippen LogP contribution in [-0.2, 0) is 16.0 Å². The first-order valence-corrected chi connectivity index (χ1v) is 7.29. The summed E-state index contributed by atoms with van der Waals surface area (Å²) >= 11 is 0. The van der Waals surface area contributed by atoms with Crippen LogP contribution in [0, 0.1) is 0 Å². The molecule has 2 atom stereocenters. The number of methoxy groups -OCH3 is 2. The van der Waals surface area contributed by atoms with Gasteiger partial charge in [-0.2, -0.15) is 0 Å². The molecule has 1 aromatic heterocycles. The summed E-state index contributed by atoms with van der Waals surface area (Å²) in [6.45, 7) is 8.68. The van der Waals surface area contributed by atoms with Crippen LogP contribution in [0.2, 0.25) is 0 Å². The molecule has 1 fully saturated rings. The van der Waals surface area contributed by atoms with E-state index in [9.17, 15) is 0 Å². The molecule has 1 aromatic rings. The average molecular weight is 294 g/mol. The molecule has 1 N–H and O–H groups in total. The third kappa shape index (κ3) is 4.36. The van der Waals surface area contributed by atoms with Crippen molar-refractivity contribution in [1.29, 1.82) is 0 Å². The van der Waals surface area contributed by atoms with Crippen LogP contribution in [0.3, 0.4) is 0 Å². The average Bonchev–Trinajstić information content (AvgIpc) is 2.88. The minimum atomic E-state index is 0.0761. The van der Waals surface area contributed by atoms with Gasteiger partial charge in [0, 0.05) is 39.4 Å². The van der Waals surface area contributed by atoms with Gasteiger partial charge in [-0.05, 0) is 20.8 Å². The molecular formula is C15H26N4O2. The number of aromatic nitrogens is 2. The topological polar surface area (TPSA) is 59.5 Å². The molecule has 1 aliphatic rings. The summed E-state index contributed by atoms with van der Waals surface area (Å²) in [4.78, 5) is 11.1. The van der Waals surface area contributed by atoms with Gasteiger partial charge in [0.15, 0.2) is 0 Å². The molecule has 0 spiro atoms. The Labute approximate surface area is 126 Å². The molecule has 0 amide bonds. The lowest BCUT2D eigenvalue weighted by molar-refractivity contribution is -0.00461. The van der Waals surface area contributed by atoms with E-state index in [1.807, 2.05) is 12.4 Å². The zero-order valence-corrected chi connectivity index (χ0v) is 13.6. The fourth-order valence-corrected chi connectivity index (χ4v) is 2.34. The van der Waals surface area contributed by atoms with Crippen molar-refractivity contribution in [1.82, 2.24) is 15.3 Å². The van der Waals surface area contributed by atoms with Crippen LogP contribution < -0.4 is 10.2 Å². The molecule has 2 heterocycles. The van der Waals surface area contributed by atoms with E-state index in [4.69, 9.17) is 9.47 Å². The first-order chi connectivity index (χ1) is 9.93. The van der Waals surface area contributed by atoms with E-state index in [-0.39, 0.29) is 17.7 Å². The number of nitrogens with one attached hydrogen (secondary N) is 1. The highest BCUT2D eigenvalue weighted by atomic mass is 16.5. The largest absolute Gasteiger partial charge is 0.377 e. The SMILES string of the molecule is COC1CN(c2cnc(CNC(C)(C)C)cn2)CC1OC. The summed E-state index contributed by atoms with van der Waals surface area (Å²) in [5.41, 5.74) is 1.02. The van der Waals surface area contributed by atoms with Crippen LogP contribution in [0.4, 0.5) is 5.82 Å². The Bertz CT molecular complexity index is 432. The standard InChI is InChI=1S/C15H26N4O2/c1-15(2,3)18-7-11-6-17-14(8-16-11)19-9-12(20-4)13(10-19)21-5/h6,8,12-13,18H,7,9-10H2,1-5H3. The number of hydrogen-bond donors (Lipinski definition) is 1. The van der Waals surface area contributed by atoms with Crippen LogP contribution in [0.15, 0.2) is 12.4 Å². The fourth-order valence-electron chi connectivity index (χ4n) is 2.34. The van der Waals surface area contributed by atoms with Crippen molar-refractivity contribution in [3.05, 3.63) is 18.1 Å². The normalized spacial score (nSPS) is 22.8. The quantitative estimate of drug-likeness (QED) is 0.881. The second kappa shape index (κ2) is 6.68. The highest BCUT2D eigenvalue weighted by Crippen LogP contribution is 2.21. The first-order valence-electron chi connectivity index (χ1n) is 7.29. The predicted molar refractivity (Wildman–Crippen MR) is 82.4 cm³/mol. The molecule has 21 heavy (non-hydrogen) atoms. The van der Waals surface area contributed by atoms with Crippen LogP contribution in [0.5, 0.6) is 0 Å². The van der Waals surface area contributed by atoms with E-state index in [0.29, 0.717) is 0 Å². The van der Waals surface area contributed by atoms with Crippen molar-refractivity contribution in [3.63, 3.8) is 0 Å². The summed E-state index contributed by atoms with van der Waals surface area (Å²) in [5, 5.41) is 3.40. The lowest BCUT2D eigenvalue weighted by Gasteiger charge is -2.20. The Morgan fingerprint density at radius 2 is 1.76 bits per heavy atom. The van der Waals surface area contributed by atoms with Crippen molar-refractivity contribution in [3.8, 4) is 0 Å². The van der Waals surface area contributed by atoms with Gasteiger partial charge in [-0.3, -0.25) is 4.98 Å². The molecule has 0 saturated carbocycles. The van der Waals surface area contributed by atoms with Crippen molar-refractivity contribution in [2.24, 2.45) is 0 Å². The highest BCUT2D eigenvalue weighted by molar-refractivity contribution is 5.38. The first kappa shape index (κ1) is 16.1. The number of rotatable bonds is 5. The van der Waals surface area contributed by atoms with Gasteiger partial charge >= 0.3 is 0 Å². The van der Waals surface area contributed by atoms with Gasteiger partial charge in [0.05, 0.1) is 18.1 Å². The van der Waals surface area contributed by atoms with Crippen LogP contribution in [-0.4, -0.2) is 55.0 Å². The van der Waals surface area contributed by atoms with E-state index in [2.05, 4.69) is 41.0 Å². The summed E-state index contributed by atoms with van der Waals surface area (Å²) in [6.07, 6.45) is 3.82. The van der Waals surface area contributed by atoms with Gasteiger partial charge in [0.1, 0.15) is 18.0 Å². The molecule has 2 unspecified atom stereocenters. The Morgan fingerprint density at radius 1 is 1.14 bits per heavy atom. The van der Waals surface area contributed by atoms with E-state index < -0.39 is 0 Å². The second-order valence-corrected chi connectivity index (χ2v) is 6.42. The maximum absolute atomic E-state index is 5.44. The van der Waals surface area contributed by atoms with Crippen molar-refractivity contribution in [2.75, 3.05) is 32.2 Å². The van der Waals surface area contributed by atoms with Crippen LogP contribution in [0.25, 0.3) is 0 Å². The van der Waals surface area contributed by atoms with Crippen LogP contribution in [0.1, 0.15) is 26.5 Å². The number of ether oxygens (including phenoxy) is 2. The third-order valence-corrected chi connectivity index (χ3v) is 3.64. The van der Waals surface area contributed by atoms with E-state index in [1.54, 1.807) is 14.2 Å². The summed E-state index contributed by atoms with van der Waals surface area (Å²) in [5.74, 6) is 0.871. The van der Waals surface area contributed by atoms with Gasteiger partial charge in [-0.15, -0.1) is 0 Å². The molecule has 0 aliphatic carbocycles. The molecule has 2 rings (SSSR count). The molecule has 1 saturated heterocycles. The lowest BCUT2D eigenvalue weighted by atomic mass is 10.1. The molecule has 0 radical (unpaired) electrons. The van der Waals surface area contributed by atoms with Gasteiger partial charge in [-0.1, -0.05) is 0 Å². The smallest absolute Gasteiger partial charge is 0.147 e. The minimum Gasteiger partial charge on any atom is -0.377 e. The minimum absolute atomic E-state index is 0.0761. The molecule has 6 heteroatoms. The van der Waals surface area contributed by atoms with Gasteiger partial charge in [-0.25, -0.2) is 4.98 Å². The van der Waals surface area contributed by atoms with Crippen molar-refractivity contribution in [2.45, 2.75) is 45.1 Å². The van der Waals surface area contributed by atoms with Gasteiger partial charge < -0.3 is 19.7 Å². The maximum atomic E-state index is 5.44. The van der Waals surface area contributed by atoms with E-state index >= 15 is 0 Å². The molecule has 118 valence electrons.